The fraction of sp³-hybridized carbons (Fsp3) is 0.562. The maximum Gasteiger partial charge on any atom is 0.256 e. The van der Waals surface area contributed by atoms with Crippen molar-refractivity contribution in [2.24, 2.45) is 0 Å². The van der Waals surface area contributed by atoms with Crippen molar-refractivity contribution in [3.8, 4) is 0 Å². The van der Waals surface area contributed by atoms with Crippen molar-refractivity contribution in [1.29, 1.82) is 0 Å². The minimum absolute atomic E-state index is 0. The minimum Gasteiger partial charge on any atom is -0.339 e. The zero-order valence-corrected chi connectivity index (χ0v) is 15.5. The van der Waals surface area contributed by atoms with Gasteiger partial charge >= 0.3 is 0 Å². The van der Waals surface area contributed by atoms with Crippen LogP contribution in [0.4, 0.5) is 4.39 Å². The number of nitrogens with one attached hydrogen (secondary N) is 2. The van der Waals surface area contributed by atoms with Crippen molar-refractivity contribution < 1.29 is 17.6 Å². The lowest BCUT2D eigenvalue weighted by molar-refractivity contribution is 0.0788. The lowest BCUT2D eigenvalue weighted by Crippen LogP contribution is -2.45. The normalized spacial score (nSPS) is 21.0. The van der Waals surface area contributed by atoms with Crippen molar-refractivity contribution in [2.75, 3.05) is 26.2 Å². The molecule has 2 aliphatic heterocycles. The third kappa shape index (κ3) is 4.69. The molecule has 0 saturated carbocycles. The first kappa shape index (κ1) is 20.1. The molecule has 1 amide bonds. The molecule has 2 N–H and O–H groups in total. The van der Waals surface area contributed by atoms with Crippen LogP contribution in [0.5, 0.6) is 0 Å². The molecular formula is C16H23ClFN3O3S. The highest BCUT2D eigenvalue weighted by molar-refractivity contribution is 7.89. The van der Waals surface area contributed by atoms with E-state index in [-0.39, 0.29) is 34.8 Å². The van der Waals surface area contributed by atoms with E-state index < -0.39 is 15.8 Å². The van der Waals surface area contributed by atoms with E-state index in [9.17, 15) is 17.6 Å². The van der Waals surface area contributed by atoms with Crippen LogP contribution in [0, 0.1) is 5.82 Å². The number of rotatable bonds is 4. The quantitative estimate of drug-likeness (QED) is 0.815. The molecule has 0 aliphatic carbocycles. The topological polar surface area (TPSA) is 78.5 Å². The Hall–Kier alpha value is -1.22. The highest BCUT2D eigenvalue weighted by atomic mass is 35.5. The van der Waals surface area contributed by atoms with Crippen LogP contribution in [0.15, 0.2) is 23.1 Å². The molecule has 2 saturated heterocycles. The van der Waals surface area contributed by atoms with Crippen LogP contribution in [-0.2, 0) is 10.0 Å². The summed E-state index contributed by atoms with van der Waals surface area (Å²) in [5.41, 5.74) is -0.0739. The average molecular weight is 392 g/mol. The summed E-state index contributed by atoms with van der Waals surface area (Å²) < 4.78 is 41.7. The SMILES string of the molecule is Cl.O=C(c1ccc(S(=O)(=O)NC2CCCNC2)cc1F)N1CCCC1. The molecule has 9 heteroatoms. The lowest BCUT2D eigenvalue weighted by Gasteiger charge is -2.23. The Kier molecular flexibility index (Phi) is 6.79. The smallest absolute Gasteiger partial charge is 0.256 e. The van der Waals surface area contributed by atoms with E-state index in [2.05, 4.69) is 10.0 Å². The number of benzene rings is 1. The number of hydrogen-bond donors (Lipinski definition) is 2. The number of carbonyl (C=O) groups excluding carboxylic acids is 1. The van der Waals surface area contributed by atoms with Crippen LogP contribution in [-0.4, -0.2) is 51.4 Å². The maximum atomic E-state index is 14.3. The second-order valence-corrected chi connectivity index (χ2v) is 8.02. The van der Waals surface area contributed by atoms with Crippen LogP contribution >= 0.6 is 12.4 Å². The molecule has 1 aromatic carbocycles. The van der Waals surface area contributed by atoms with Gasteiger partial charge in [0, 0.05) is 25.7 Å². The number of sulfonamides is 1. The largest absolute Gasteiger partial charge is 0.339 e. The molecule has 2 aliphatic rings. The molecule has 0 radical (unpaired) electrons. The fourth-order valence-electron chi connectivity index (χ4n) is 3.17. The zero-order valence-electron chi connectivity index (χ0n) is 13.8. The summed E-state index contributed by atoms with van der Waals surface area (Å²) in [7, 11) is -3.80. The summed E-state index contributed by atoms with van der Waals surface area (Å²) in [6, 6.07) is 3.30. The highest BCUT2D eigenvalue weighted by Crippen LogP contribution is 2.19. The zero-order chi connectivity index (χ0) is 17.2. The van der Waals surface area contributed by atoms with Crippen LogP contribution < -0.4 is 10.0 Å². The summed E-state index contributed by atoms with van der Waals surface area (Å²) in [4.78, 5) is 13.7. The molecule has 0 spiro atoms. The van der Waals surface area contributed by atoms with Crippen molar-refractivity contribution in [2.45, 2.75) is 36.6 Å². The Morgan fingerprint density at radius 3 is 2.56 bits per heavy atom. The van der Waals surface area contributed by atoms with E-state index in [4.69, 9.17) is 0 Å². The van der Waals surface area contributed by atoms with E-state index in [1.807, 2.05) is 0 Å². The molecule has 2 heterocycles. The van der Waals surface area contributed by atoms with Crippen molar-refractivity contribution in [3.63, 3.8) is 0 Å². The Labute approximate surface area is 153 Å². The first-order valence-corrected chi connectivity index (χ1v) is 9.77. The lowest BCUT2D eigenvalue weighted by atomic mass is 10.1. The van der Waals surface area contributed by atoms with Crippen LogP contribution in [0.25, 0.3) is 0 Å². The second-order valence-electron chi connectivity index (χ2n) is 6.31. The predicted octanol–water partition coefficient (Wildman–Crippen LogP) is 1.51. The summed E-state index contributed by atoms with van der Waals surface area (Å²) in [5, 5.41) is 3.12. The first-order chi connectivity index (χ1) is 11.5. The van der Waals surface area contributed by atoms with Crippen LogP contribution in [0.1, 0.15) is 36.0 Å². The molecule has 1 atom stereocenters. The van der Waals surface area contributed by atoms with Gasteiger partial charge in [-0.3, -0.25) is 4.79 Å². The monoisotopic (exact) mass is 391 g/mol. The molecule has 2 fully saturated rings. The number of piperidine rings is 1. The number of hydrogen-bond acceptors (Lipinski definition) is 4. The van der Waals surface area contributed by atoms with E-state index in [0.29, 0.717) is 19.6 Å². The third-order valence-corrected chi connectivity index (χ3v) is 6.01. The van der Waals surface area contributed by atoms with Gasteiger partial charge in [0.05, 0.1) is 10.5 Å². The van der Waals surface area contributed by atoms with E-state index in [1.54, 1.807) is 4.90 Å². The molecule has 3 rings (SSSR count). The van der Waals surface area contributed by atoms with Gasteiger partial charge in [0.1, 0.15) is 5.82 Å². The average Bonchev–Trinajstić information content (AvgIpc) is 3.09. The number of likely N-dealkylation sites (tertiary alicyclic amines) is 1. The van der Waals surface area contributed by atoms with Gasteiger partial charge in [-0.1, -0.05) is 0 Å². The Morgan fingerprint density at radius 2 is 1.96 bits per heavy atom. The first-order valence-electron chi connectivity index (χ1n) is 8.29. The van der Waals surface area contributed by atoms with Gasteiger partial charge in [0.2, 0.25) is 10.0 Å². The Bertz CT molecular complexity index is 717. The van der Waals surface area contributed by atoms with E-state index in [0.717, 1.165) is 38.3 Å². The van der Waals surface area contributed by atoms with Crippen molar-refractivity contribution in [1.82, 2.24) is 14.9 Å². The summed E-state index contributed by atoms with van der Waals surface area (Å²) in [5.74, 6) is -1.17. The molecule has 6 nitrogen and oxygen atoms in total. The van der Waals surface area contributed by atoms with Crippen molar-refractivity contribution in [3.05, 3.63) is 29.6 Å². The number of halogens is 2. The molecule has 1 unspecified atom stereocenters. The fourth-order valence-corrected chi connectivity index (χ4v) is 4.45. The van der Waals surface area contributed by atoms with Gasteiger partial charge in [-0.2, -0.15) is 0 Å². The summed E-state index contributed by atoms with van der Waals surface area (Å²) in [6.45, 7) is 2.68. The van der Waals surface area contributed by atoms with E-state index in [1.165, 1.54) is 12.1 Å². The number of amides is 1. The van der Waals surface area contributed by atoms with E-state index >= 15 is 0 Å². The van der Waals surface area contributed by atoms with Crippen LogP contribution in [0.2, 0.25) is 0 Å². The molecule has 0 bridgehead atoms. The van der Waals surface area contributed by atoms with Crippen molar-refractivity contribution >= 4 is 28.3 Å². The third-order valence-electron chi connectivity index (χ3n) is 4.49. The molecule has 1 aromatic rings. The molecule has 0 aromatic heterocycles. The minimum atomic E-state index is -3.80. The number of nitrogens with zero attached hydrogens (tertiary/aromatic N) is 1. The Balaban J connectivity index is 0.00000225. The molecule has 140 valence electrons. The Morgan fingerprint density at radius 1 is 1.24 bits per heavy atom. The predicted molar refractivity (Wildman–Crippen MR) is 95.0 cm³/mol. The van der Waals surface area contributed by atoms with Gasteiger partial charge in [-0.15, -0.1) is 12.4 Å². The standard InChI is InChI=1S/C16H22FN3O3S.ClH/c17-15-10-13(24(22,23)19-12-4-3-7-18-11-12)5-6-14(15)16(21)20-8-1-2-9-20;/h5-6,10,12,18-19H,1-4,7-9,11H2;1H. The second kappa shape index (κ2) is 8.44. The van der Waals surface area contributed by atoms with Gasteiger partial charge in [0.25, 0.3) is 5.91 Å². The summed E-state index contributed by atoms with van der Waals surface area (Å²) >= 11 is 0. The number of carbonyl (C=O) groups is 1. The van der Waals surface area contributed by atoms with Crippen LogP contribution in [0.3, 0.4) is 0 Å². The van der Waals surface area contributed by atoms with Gasteiger partial charge in [-0.05, 0) is 50.4 Å². The highest BCUT2D eigenvalue weighted by Gasteiger charge is 2.26. The molecular weight excluding hydrogens is 369 g/mol. The maximum absolute atomic E-state index is 14.3. The molecule has 25 heavy (non-hydrogen) atoms. The van der Waals surface area contributed by atoms with Gasteiger partial charge in [-0.25, -0.2) is 17.5 Å². The van der Waals surface area contributed by atoms with Gasteiger partial charge < -0.3 is 10.2 Å². The summed E-state index contributed by atoms with van der Waals surface area (Å²) in [6.07, 6.45) is 3.48. The van der Waals surface area contributed by atoms with Gasteiger partial charge in [0.15, 0.2) is 0 Å².